The molecule has 0 unspecified atom stereocenters. The van der Waals surface area contributed by atoms with E-state index in [1.165, 1.54) is 23.1 Å². The van der Waals surface area contributed by atoms with Gasteiger partial charge in [0.1, 0.15) is 18.1 Å². The summed E-state index contributed by atoms with van der Waals surface area (Å²) in [6, 6.07) is 19.0. The van der Waals surface area contributed by atoms with Crippen LogP contribution in [-0.4, -0.2) is 43.4 Å². The molecule has 0 fully saturated rings. The van der Waals surface area contributed by atoms with Gasteiger partial charge < -0.3 is 9.52 Å². The summed E-state index contributed by atoms with van der Waals surface area (Å²) < 4.78 is 5.62. The zero-order valence-corrected chi connectivity index (χ0v) is 16.0. The van der Waals surface area contributed by atoms with Crippen molar-refractivity contribution < 1.29 is 19.1 Å². The van der Waals surface area contributed by atoms with E-state index < -0.39 is 11.9 Å². The Morgan fingerprint density at radius 2 is 1.87 bits per heavy atom. The minimum absolute atomic E-state index is 0.150. The number of carbonyl (C=O) groups excluding carboxylic acids is 1. The second-order valence-corrected chi connectivity index (χ2v) is 6.39. The Morgan fingerprint density at radius 3 is 2.68 bits per heavy atom. The lowest BCUT2D eigenvalue weighted by Gasteiger charge is -1.99. The highest BCUT2D eigenvalue weighted by atomic mass is 16.4. The van der Waals surface area contributed by atoms with E-state index in [9.17, 15) is 9.59 Å². The number of hydrogen-bond donors (Lipinski definition) is 2. The largest absolute Gasteiger partial charge is 0.478 e. The fourth-order valence-electron chi connectivity index (χ4n) is 2.73. The number of hydrogen-bond acceptors (Lipinski definition) is 7. The number of nitrogens with one attached hydrogen (secondary N) is 1. The molecule has 0 saturated heterocycles. The van der Waals surface area contributed by atoms with Gasteiger partial charge in [-0.2, -0.15) is 9.90 Å². The van der Waals surface area contributed by atoms with Crippen molar-refractivity contribution in [2.45, 2.75) is 6.54 Å². The SMILES string of the molecule is O=C(Cn1nnc(-c2ccccc2)n1)N/N=C/c1ccc(-c2cccc(C(=O)O)c2)o1. The Kier molecular flexibility index (Phi) is 5.61. The van der Waals surface area contributed by atoms with Gasteiger partial charge in [-0.1, -0.05) is 42.5 Å². The van der Waals surface area contributed by atoms with Crippen molar-refractivity contribution in [2.75, 3.05) is 0 Å². The molecule has 31 heavy (non-hydrogen) atoms. The molecule has 0 atom stereocenters. The molecule has 0 bridgehead atoms. The van der Waals surface area contributed by atoms with Gasteiger partial charge in [0.25, 0.3) is 5.91 Å². The van der Waals surface area contributed by atoms with Crippen LogP contribution in [0.3, 0.4) is 0 Å². The number of carboxylic acid groups (broad SMARTS) is 1. The average molecular weight is 416 g/mol. The third-order valence-corrected chi connectivity index (χ3v) is 4.17. The minimum atomic E-state index is -1.02. The van der Waals surface area contributed by atoms with Crippen molar-refractivity contribution in [3.05, 3.63) is 78.1 Å². The number of aromatic nitrogens is 4. The van der Waals surface area contributed by atoms with Crippen molar-refractivity contribution in [1.29, 1.82) is 0 Å². The molecule has 0 aliphatic rings. The van der Waals surface area contributed by atoms with Crippen molar-refractivity contribution >= 4 is 18.1 Å². The van der Waals surface area contributed by atoms with Crippen LogP contribution in [0.15, 0.2) is 76.2 Å². The normalized spacial score (nSPS) is 11.0. The molecule has 0 saturated carbocycles. The highest BCUT2D eigenvalue weighted by Gasteiger charge is 2.10. The van der Waals surface area contributed by atoms with Crippen LogP contribution in [0, 0.1) is 0 Å². The molecule has 2 heterocycles. The molecular formula is C21H16N6O4. The third-order valence-electron chi connectivity index (χ3n) is 4.17. The lowest BCUT2D eigenvalue weighted by molar-refractivity contribution is -0.122. The molecule has 10 heteroatoms. The van der Waals surface area contributed by atoms with Gasteiger partial charge >= 0.3 is 5.97 Å². The molecule has 2 aromatic heterocycles. The highest BCUT2D eigenvalue weighted by molar-refractivity contribution is 5.89. The van der Waals surface area contributed by atoms with Crippen LogP contribution >= 0.6 is 0 Å². The summed E-state index contributed by atoms with van der Waals surface area (Å²) in [6.45, 7) is -0.150. The van der Waals surface area contributed by atoms with E-state index in [1.807, 2.05) is 30.3 Å². The number of rotatable bonds is 7. The maximum absolute atomic E-state index is 12.0. The van der Waals surface area contributed by atoms with E-state index >= 15 is 0 Å². The first-order valence-electron chi connectivity index (χ1n) is 9.17. The van der Waals surface area contributed by atoms with E-state index in [1.54, 1.807) is 24.3 Å². The number of carboxylic acids is 1. The number of hydrazone groups is 1. The van der Waals surface area contributed by atoms with Crippen LogP contribution in [0.2, 0.25) is 0 Å². The summed E-state index contributed by atoms with van der Waals surface area (Å²) in [6.07, 6.45) is 1.34. The summed E-state index contributed by atoms with van der Waals surface area (Å²) in [5.74, 6) is -0.158. The maximum Gasteiger partial charge on any atom is 0.335 e. The van der Waals surface area contributed by atoms with Crippen molar-refractivity contribution in [1.82, 2.24) is 25.6 Å². The fourth-order valence-corrected chi connectivity index (χ4v) is 2.73. The Morgan fingerprint density at radius 1 is 1.06 bits per heavy atom. The Hall–Kier alpha value is -4.60. The number of nitrogens with zero attached hydrogens (tertiary/aromatic N) is 5. The molecule has 0 aliphatic heterocycles. The van der Waals surface area contributed by atoms with Gasteiger partial charge in [0.15, 0.2) is 0 Å². The monoisotopic (exact) mass is 416 g/mol. The van der Waals surface area contributed by atoms with Crippen LogP contribution in [-0.2, 0) is 11.3 Å². The standard InChI is InChI=1S/C21H16N6O4/c28-19(13-27-25-20(24-26-27)14-5-2-1-3-6-14)23-22-12-17-9-10-18(31-17)15-7-4-8-16(11-15)21(29)30/h1-12H,13H2,(H,23,28)(H,29,30)/b22-12+. The zero-order chi connectivity index (χ0) is 21.6. The first-order chi connectivity index (χ1) is 15.1. The van der Waals surface area contributed by atoms with E-state index in [0.29, 0.717) is 22.9 Å². The van der Waals surface area contributed by atoms with Gasteiger partial charge in [0, 0.05) is 11.1 Å². The van der Waals surface area contributed by atoms with E-state index in [-0.39, 0.29) is 12.1 Å². The smallest absolute Gasteiger partial charge is 0.335 e. The summed E-state index contributed by atoms with van der Waals surface area (Å²) in [7, 11) is 0. The van der Waals surface area contributed by atoms with Gasteiger partial charge in [0.05, 0.1) is 11.8 Å². The molecule has 0 radical (unpaired) electrons. The second kappa shape index (κ2) is 8.82. The van der Waals surface area contributed by atoms with Crippen LogP contribution in [0.4, 0.5) is 0 Å². The first-order valence-corrected chi connectivity index (χ1v) is 9.17. The summed E-state index contributed by atoms with van der Waals surface area (Å²) in [4.78, 5) is 24.3. The summed E-state index contributed by atoms with van der Waals surface area (Å²) in [5, 5.41) is 24.9. The average Bonchev–Trinajstić information content (AvgIpc) is 3.44. The van der Waals surface area contributed by atoms with E-state index in [4.69, 9.17) is 9.52 Å². The molecule has 10 nitrogen and oxygen atoms in total. The second-order valence-electron chi connectivity index (χ2n) is 6.39. The van der Waals surface area contributed by atoms with Gasteiger partial charge in [-0.25, -0.2) is 10.2 Å². The number of carbonyl (C=O) groups is 2. The first kappa shape index (κ1) is 19.7. The molecule has 0 aliphatic carbocycles. The Bertz CT molecular complexity index is 1250. The number of aromatic carboxylic acids is 1. The van der Waals surface area contributed by atoms with Gasteiger partial charge in [-0.3, -0.25) is 4.79 Å². The number of benzene rings is 2. The quantitative estimate of drug-likeness (QED) is 0.349. The fraction of sp³-hybridized carbons (Fsp3) is 0.0476. The third kappa shape index (κ3) is 4.88. The molecule has 1 amide bonds. The molecule has 154 valence electrons. The minimum Gasteiger partial charge on any atom is -0.478 e. The van der Waals surface area contributed by atoms with Crippen LogP contribution in [0.1, 0.15) is 16.1 Å². The maximum atomic E-state index is 12.0. The van der Waals surface area contributed by atoms with Crippen LogP contribution in [0.5, 0.6) is 0 Å². The van der Waals surface area contributed by atoms with E-state index in [2.05, 4.69) is 25.9 Å². The lowest BCUT2D eigenvalue weighted by atomic mass is 10.1. The van der Waals surface area contributed by atoms with Crippen molar-refractivity contribution in [3.8, 4) is 22.7 Å². The molecule has 4 aromatic rings. The summed E-state index contributed by atoms with van der Waals surface area (Å²) >= 11 is 0. The number of furan rings is 1. The van der Waals surface area contributed by atoms with Gasteiger partial charge in [-0.05, 0) is 29.5 Å². The summed E-state index contributed by atoms with van der Waals surface area (Å²) in [5.41, 5.74) is 3.95. The van der Waals surface area contributed by atoms with E-state index in [0.717, 1.165) is 5.56 Å². The number of tetrazole rings is 1. The Labute approximate surface area is 175 Å². The molecule has 2 aromatic carbocycles. The lowest BCUT2D eigenvalue weighted by Crippen LogP contribution is -2.24. The number of amides is 1. The molecular weight excluding hydrogens is 400 g/mol. The highest BCUT2D eigenvalue weighted by Crippen LogP contribution is 2.22. The van der Waals surface area contributed by atoms with Crippen LogP contribution in [0.25, 0.3) is 22.7 Å². The molecule has 0 spiro atoms. The Balaban J connectivity index is 1.34. The predicted molar refractivity (Wildman–Crippen MR) is 110 cm³/mol. The predicted octanol–water partition coefficient (Wildman–Crippen LogP) is 2.45. The zero-order valence-electron chi connectivity index (χ0n) is 16.0. The van der Waals surface area contributed by atoms with Gasteiger partial charge in [0.2, 0.25) is 5.82 Å². The van der Waals surface area contributed by atoms with Crippen molar-refractivity contribution in [2.24, 2.45) is 5.10 Å². The van der Waals surface area contributed by atoms with Crippen molar-refractivity contribution in [3.63, 3.8) is 0 Å². The molecule has 2 N–H and O–H groups in total. The van der Waals surface area contributed by atoms with Gasteiger partial charge in [-0.15, -0.1) is 10.2 Å². The van der Waals surface area contributed by atoms with Crippen LogP contribution < -0.4 is 5.43 Å². The molecule has 4 rings (SSSR count). The topological polar surface area (TPSA) is 136 Å².